The van der Waals surface area contributed by atoms with E-state index in [1.165, 1.54) is 0 Å². The third-order valence-corrected chi connectivity index (χ3v) is 3.42. The highest BCUT2D eigenvalue weighted by atomic mass is 35.5. The first-order valence-electron chi connectivity index (χ1n) is 6.00. The van der Waals surface area contributed by atoms with Crippen LogP contribution in [0.3, 0.4) is 0 Å². The normalized spacial score (nSPS) is 12.2. The van der Waals surface area contributed by atoms with Gasteiger partial charge in [0.05, 0.1) is 16.6 Å². The summed E-state index contributed by atoms with van der Waals surface area (Å²) in [5, 5.41) is 6.99. The fraction of sp³-hybridized carbons (Fsp3) is 0.462. The Morgan fingerprint density at radius 1 is 1.39 bits per heavy atom. The first-order valence-corrected chi connectivity index (χ1v) is 6.75. The lowest BCUT2D eigenvalue weighted by atomic mass is 10.1. The largest absolute Gasteiger partial charge is 0.355 e. The lowest BCUT2D eigenvalue weighted by Crippen LogP contribution is -2.35. The molecular formula is C13H18Cl2N2O. The van der Waals surface area contributed by atoms with Gasteiger partial charge in [-0.3, -0.25) is 4.79 Å². The Balaban J connectivity index is 2.52. The first kappa shape index (κ1) is 15.3. The van der Waals surface area contributed by atoms with E-state index in [1.54, 1.807) is 6.07 Å². The zero-order chi connectivity index (χ0) is 13.5. The molecule has 0 radical (unpaired) electrons. The van der Waals surface area contributed by atoms with Gasteiger partial charge >= 0.3 is 0 Å². The van der Waals surface area contributed by atoms with E-state index in [0.29, 0.717) is 16.6 Å². The van der Waals surface area contributed by atoms with Crippen molar-refractivity contribution in [1.82, 2.24) is 10.6 Å². The van der Waals surface area contributed by atoms with Crippen LogP contribution in [0.4, 0.5) is 0 Å². The molecule has 0 saturated carbocycles. The Bertz CT molecular complexity index is 410. The number of rotatable bonds is 6. The number of halogens is 2. The smallest absolute Gasteiger partial charge is 0.233 e. The number of carbonyl (C=O) groups excluding carboxylic acids is 1. The van der Waals surface area contributed by atoms with E-state index in [2.05, 4.69) is 10.6 Å². The molecule has 0 aliphatic heterocycles. The fourth-order valence-corrected chi connectivity index (χ4v) is 2.01. The van der Waals surface area contributed by atoms with Gasteiger partial charge in [0.15, 0.2) is 0 Å². The lowest BCUT2D eigenvalue weighted by molar-refractivity contribution is -0.120. The highest BCUT2D eigenvalue weighted by Gasteiger charge is 2.12. The zero-order valence-electron chi connectivity index (χ0n) is 10.6. The van der Waals surface area contributed by atoms with Crippen LogP contribution in [0.1, 0.15) is 31.9 Å². The van der Waals surface area contributed by atoms with Crippen LogP contribution in [-0.2, 0) is 4.79 Å². The number of benzene rings is 1. The molecule has 100 valence electrons. The minimum Gasteiger partial charge on any atom is -0.355 e. The summed E-state index contributed by atoms with van der Waals surface area (Å²) in [6.45, 7) is 4.93. The van der Waals surface area contributed by atoms with Crippen molar-refractivity contribution in [3.63, 3.8) is 0 Å². The SMILES string of the molecule is CCCNC(=O)CNC(C)c1cccc(Cl)c1Cl. The molecule has 0 aliphatic rings. The van der Waals surface area contributed by atoms with E-state index in [9.17, 15) is 4.79 Å². The summed E-state index contributed by atoms with van der Waals surface area (Å²) < 4.78 is 0. The number of hydrogen-bond donors (Lipinski definition) is 2. The van der Waals surface area contributed by atoms with E-state index < -0.39 is 0 Å². The topological polar surface area (TPSA) is 41.1 Å². The molecule has 18 heavy (non-hydrogen) atoms. The van der Waals surface area contributed by atoms with Gasteiger partial charge in [-0.1, -0.05) is 42.3 Å². The Morgan fingerprint density at radius 3 is 2.78 bits per heavy atom. The van der Waals surface area contributed by atoms with Crippen LogP contribution >= 0.6 is 23.2 Å². The molecule has 0 saturated heterocycles. The number of amides is 1. The van der Waals surface area contributed by atoms with Crippen molar-refractivity contribution in [3.05, 3.63) is 33.8 Å². The summed E-state index contributed by atoms with van der Waals surface area (Å²) in [5.41, 5.74) is 0.896. The fourth-order valence-electron chi connectivity index (χ4n) is 1.54. The quantitative estimate of drug-likeness (QED) is 0.844. The summed E-state index contributed by atoms with van der Waals surface area (Å²) >= 11 is 12.1. The highest BCUT2D eigenvalue weighted by Crippen LogP contribution is 2.29. The third kappa shape index (κ3) is 4.48. The minimum atomic E-state index is -0.0245. The summed E-state index contributed by atoms with van der Waals surface area (Å²) in [5.74, 6) is -0.0122. The molecule has 0 aliphatic carbocycles. The van der Waals surface area contributed by atoms with Crippen molar-refractivity contribution in [1.29, 1.82) is 0 Å². The Morgan fingerprint density at radius 2 is 2.11 bits per heavy atom. The average Bonchev–Trinajstić information content (AvgIpc) is 2.36. The van der Waals surface area contributed by atoms with Crippen molar-refractivity contribution < 1.29 is 4.79 Å². The van der Waals surface area contributed by atoms with Crippen LogP contribution in [0.15, 0.2) is 18.2 Å². The Hall–Kier alpha value is -0.770. The Labute approximate surface area is 118 Å². The van der Waals surface area contributed by atoms with Crippen LogP contribution < -0.4 is 10.6 Å². The molecule has 0 fully saturated rings. The molecule has 0 bridgehead atoms. The second kappa shape index (κ2) is 7.62. The van der Waals surface area contributed by atoms with Gasteiger partial charge < -0.3 is 10.6 Å². The maximum atomic E-state index is 11.5. The van der Waals surface area contributed by atoms with Crippen molar-refractivity contribution in [2.45, 2.75) is 26.3 Å². The molecule has 3 nitrogen and oxygen atoms in total. The lowest BCUT2D eigenvalue weighted by Gasteiger charge is -2.16. The van der Waals surface area contributed by atoms with Gasteiger partial charge in [0, 0.05) is 12.6 Å². The van der Waals surface area contributed by atoms with Crippen LogP contribution in [0, 0.1) is 0 Å². The maximum Gasteiger partial charge on any atom is 0.233 e. The molecule has 0 spiro atoms. The van der Waals surface area contributed by atoms with Crippen LogP contribution in [0.2, 0.25) is 10.0 Å². The monoisotopic (exact) mass is 288 g/mol. The van der Waals surface area contributed by atoms with E-state index in [1.807, 2.05) is 26.0 Å². The Kier molecular flexibility index (Phi) is 6.47. The molecule has 0 aromatic heterocycles. The highest BCUT2D eigenvalue weighted by molar-refractivity contribution is 6.42. The minimum absolute atomic E-state index is 0.0122. The van der Waals surface area contributed by atoms with E-state index in [0.717, 1.165) is 12.0 Å². The standard InChI is InChI=1S/C13H18Cl2N2O/c1-3-7-16-12(18)8-17-9(2)10-5-4-6-11(14)13(10)15/h4-6,9,17H,3,7-8H2,1-2H3,(H,16,18). The van der Waals surface area contributed by atoms with Crippen molar-refractivity contribution in [2.75, 3.05) is 13.1 Å². The molecule has 1 unspecified atom stereocenters. The molecule has 2 N–H and O–H groups in total. The van der Waals surface area contributed by atoms with Crippen LogP contribution in [0.25, 0.3) is 0 Å². The second-order valence-electron chi connectivity index (χ2n) is 4.10. The predicted octanol–water partition coefficient (Wildman–Crippen LogP) is 3.17. The molecule has 0 heterocycles. The van der Waals surface area contributed by atoms with Gasteiger partial charge in [0.2, 0.25) is 5.91 Å². The molecule has 1 aromatic rings. The van der Waals surface area contributed by atoms with Crippen LogP contribution in [0.5, 0.6) is 0 Å². The first-order chi connectivity index (χ1) is 8.56. The zero-order valence-corrected chi connectivity index (χ0v) is 12.1. The third-order valence-electron chi connectivity index (χ3n) is 2.59. The van der Waals surface area contributed by atoms with Crippen LogP contribution in [-0.4, -0.2) is 19.0 Å². The molecule has 1 atom stereocenters. The van der Waals surface area contributed by atoms with Gasteiger partial charge in [0.1, 0.15) is 0 Å². The second-order valence-corrected chi connectivity index (χ2v) is 4.88. The van der Waals surface area contributed by atoms with Gasteiger partial charge in [-0.2, -0.15) is 0 Å². The van der Waals surface area contributed by atoms with E-state index in [4.69, 9.17) is 23.2 Å². The average molecular weight is 289 g/mol. The summed E-state index contributed by atoms with van der Waals surface area (Å²) in [4.78, 5) is 11.5. The van der Waals surface area contributed by atoms with Gasteiger partial charge in [-0.05, 0) is 25.0 Å². The van der Waals surface area contributed by atoms with Crippen molar-refractivity contribution in [2.24, 2.45) is 0 Å². The van der Waals surface area contributed by atoms with Crippen molar-refractivity contribution in [3.8, 4) is 0 Å². The number of hydrogen-bond acceptors (Lipinski definition) is 2. The molecule has 1 amide bonds. The number of carbonyl (C=O) groups is 1. The van der Waals surface area contributed by atoms with Gasteiger partial charge in [-0.15, -0.1) is 0 Å². The number of nitrogens with one attached hydrogen (secondary N) is 2. The van der Waals surface area contributed by atoms with Crippen molar-refractivity contribution >= 4 is 29.1 Å². The van der Waals surface area contributed by atoms with Gasteiger partial charge in [0.25, 0.3) is 0 Å². The van der Waals surface area contributed by atoms with E-state index >= 15 is 0 Å². The molecule has 1 rings (SSSR count). The van der Waals surface area contributed by atoms with Gasteiger partial charge in [-0.25, -0.2) is 0 Å². The van der Waals surface area contributed by atoms with E-state index in [-0.39, 0.29) is 18.5 Å². The predicted molar refractivity (Wildman–Crippen MR) is 76.2 cm³/mol. The molecule has 1 aromatic carbocycles. The molecular weight excluding hydrogens is 271 g/mol. The summed E-state index contributed by atoms with van der Waals surface area (Å²) in [6, 6.07) is 5.46. The maximum absolute atomic E-state index is 11.5. The molecule has 5 heteroatoms. The summed E-state index contributed by atoms with van der Waals surface area (Å²) in [7, 11) is 0. The summed E-state index contributed by atoms with van der Waals surface area (Å²) in [6.07, 6.45) is 0.932.